The molecule has 0 radical (unpaired) electrons. The molecule has 4 heteroatoms. The van der Waals surface area contributed by atoms with E-state index in [1.165, 1.54) is 49.7 Å². The average Bonchev–Trinajstić information content (AvgIpc) is 3.09. The van der Waals surface area contributed by atoms with Gasteiger partial charge in [-0.05, 0) is 119 Å². The Kier molecular flexibility index (Phi) is 11.3. The lowest BCUT2D eigenvalue weighted by molar-refractivity contribution is 0.0663. The molecule has 0 heterocycles. The predicted octanol–water partition coefficient (Wildman–Crippen LogP) is 5.85. The summed E-state index contributed by atoms with van der Waals surface area (Å²) in [5, 5.41) is 35.9. The first kappa shape index (κ1) is 28.3. The van der Waals surface area contributed by atoms with Crippen molar-refractivity contribution in [1.82, 2.24) is 0 Å². The van der Waals surface area contributed by atoms with Gasteiger partial charge in [0.05, 0.1) is 11.7 Å². The smallest absolute Gasteiger partial charge is 0.0753 e. The van der Waals surface area contributed by atoms with Crippen LogP contribution in [-0.2, 0) is 0 Å². The van der Waals surface area contributed by atoms with Crippen molar-refractivity contribution in [3.63, 3.8) is 0 Å². The molecule has 0 amide bonds. The van der Waals surface area contributed by atoms with Gasteiger partial charge in [0.1, 0.15) is 0 Å². The third kappa shape index (κ3) is 8.35. The molecule has 0 saturated heterocycles. The minimum atomic E-state index is -0.521. The number of hydrogen-bond acceptors (Lipinski definition) is 4. The summed E-state index contributed by atoms with van der Waals surface area (Å²) >= 11 is 0. The number of hydrogen-bond donors (Lipinski definition) is 4. The molecule has 0 aromatic carbocycles. The summed E-state index contributed by atoms with van der Waals surface area (Å²) in [6.07, 6.45) is 20.4. The number of allylic oxidation sites excluding steroid dienone is 5. The zero-order valence-electron chi connectivity index (χ0n) is 21.7. The van der Waals surface area contributed by atoms with Gasteiger partial charge in [0.25, 0.3) is 0 Å². The molecule has 3 aliphatic carbocycles. The van der Waals surface area contributed by atoms with Crippen molar-refractivity contribution in [2.45, 2.75) is 116 Å². The van der Waals surface area contributed by atoms with E-state index < -0.39 is 5.60 Å². The first-order chi connectivity index (χ1) is 15.6. The summed E-state index contributed by atoms with van der Waals surface area (Å²) in [5.41, 5.74) is 4.00. The zero-order chi connectivity index (χ0) is 24.5. The van der Waals surface area contributed by atoms with Crippen molar-refractivity contribution in [3.8, 4) is 0 Å². The molecular formula is C29H50O4. The second kappa shape index (κ2) is 13.2. The van der Waals surface area contributed by atoms with Crippen molar-refractivity contribution >= 4 is 0 Å². The molecule has 190 valence electrons. The van der Waals surface area contributed by atoms with Gasteiger partial charge in [-0.25, -0.2) is 0 Å². The van der Waals surface area contributed by atoms with E-state index in [0.29, 0.717) is 17.8 Å². The molecular weight excluding hydrogens is 412 g/mol. The second-order valence-corrected chi connectivity index (χ2v) is 11.4. The van der Waals surface area contributed by atoms with Crippen LogP contribution in [0.3, 0.4) is 0 Å². The maximum Gasteiger partial charge on any atom is 0.0753 e. The fourth-order valence-electron chi connectivity index (χ4n) is 6.13. The Morgan fingerprint density at radius 2 is 1.79 bits per heavy atom. The minimum absolute atomic E-state index is 0.0938. The molecule has 0 aromatic rings. The Balaban J connectivity index is 0.000000696. The van der Waals surface area contributed by atoms with Crippen LogP contribution in [0.4, 0.5) is 0 Å². The Hall–Kier alpha value is -0.940. The topological polar surface area (TPSA) is 80.9 Å². The fourth-order valence-corrected chi connectivity index (χ4v) is 6.13. The predicted molar refractivity (Wildman–Crippen MR) is 137 cm³/mol. The quantitative estimate of drug-likeness (QED) is 0.324. The largest absolute Gasteiger partial charge is 0.396 e. The van der Waals surface area contributed by atoms with Gasteiger partial charge >= 0.3 is 0 Å². The van der Waals surface area contributed by atoms with Gasteiger partial charge in [0.15, 0.2) is 0 Å². The normalized spacial score (nSPS) is 30.2. The highest BCUT2D eigenvalue weighted by Crippen LogP contribution is 2.57. The van der Waals surface area contributed by atoms with E-state index >= 15 is 0 Å². The highest BCUT2D eigenvalue weighted by molar-refractivity contribution is 5.36. The molecule has 4 N–H and O–H groups in total. The third-order valence-electron chi connectivity index (χ3n) is 8.31. The van der Waals surface area contributed by atoms with Crippen molar-refractivity contribution < 1.29 is 20.4 Å². The van der Waals surface area contributed by atoms with E-state index in [2.05, 4.69) is 32.1 Å². The first-order valence-corrected chi connectivity index (χ1v) is 13.3. The molecule has 3 rings (SSSR count). The lowest BCUT2D eigenvalue weighted by Gasteiger charge is -2.41. The van der Waals surface area contributed by atoms with Gasteiger partial charge < -0.3 is 20.4 Å². The molecule has 2 unspecified atom stereocenters. The maximum absolute atomic E-state index is 10.1. The van der Waals surface area contributed by atoms with E-state index in [1.54, 1.807) is 5.57 Å². The Morgan fingerprint density at radius 1 is 1.06 bits per heavy atom. The van der Waals surface area contributed by atoms with Gasteiger partial charge in [-0.3, -0.25) is 0 Å². The molecule has 33 heavy (non-hydrogen) atoms. The van der Waals surface area contributed by atoms with Crippen LogP contribution in [0.2, 0.25) is 0 Å². The highest BCUT2D eigenvalue weighted by atomic mass is 16.3. The van der Waals surface area contributed by atoms with Gasteiger partial charge in [0, 0.05) is 13.2 Å². The average molecular weight is 463 g/mol. The standard InChI is InChI=1S/C26H42O2.C3H8O2/c1-19-20(9-7-12-24(19)27)13-14-21-10-8-18-26(4)22(15-16-23(21)26)11-5-6-17-25(2,3)28;4-2-1-3-5/h10,13-14,22-24,27-28H,5-9,11-12,15-18H2,1-4H3;4-5H,1-3H2/b14-13+;/t22?,23?,24-,26+;/m0./s1. The molecule has 0 bridgehead atoms. The van der Waals surface area contributed by atoms with Gasteiger partial charge in [-0.1, -0.05) is 38.0 Å². The van der Waals surface area contributed by atoms with E-state index in [9.17, 15) is 10.2 Å². The summed E-state index contributed by atoms with van der Waals surface area (Å²) in [7, 11) is 0. The Labute approximate surface area is 202 Å². The molecule has 3 aliphatic rings. The van der Waals surface area contributed by atoms with Gasteiger partial charge in [0.2, 0.25) is 0 Å². The van der Waals surface area contributed by atoms with E-state index in [4.69, 9.17) is 10.2 Å². The van der Waals surface area contributed by atoms with Gasteiger partial charge in [-0.2, -0.15) is 0 Å². The number of unbranched alkanes of at least 4 members (excludes halogenated alkanes) is 1. The van der Waals surface area contributed by atoms with Crippen LogP contribution in [0.25, 0.3) is 0 Å². The SMILES string of the molecule is CC1=C(/C=C/C2=CCC[C@]3(C)C(CCCCC(C)(C)O)CCC23)CCC[C@@H]1O.OCCCO. The van der Waals surface area contributed by atoms with Crippen LogP contribution in [0.15, 0.2) is 34.9 Å². The van der Waals surface area contributed by atoms with Crippen LogP contribution in [-0.4, -0.2) is 45.3 Å². The van der Waals surface area contributed by atoms with Crippen LogP contribution in [0, 0.1) is 17.3 Å². The van der Waals surface area contributed by atoms with Crippen LogP contribution < -0.4 is 0 Å². The summed E-state index contributed by atoms with van der Waals surface area (Å²) in [6.45, 7) is 8.68. The number of rotatable bonds is 9. The molecule has 4 atom stereocenters. The molecule has 0 aliphatic heterocycles. The molecule has 0 aromatic heterocycles. The van der Waals surface area contributed by atoms with Crippen molar-refractivity contribution in [1.29, 1.82) is 0 Å². The number of aliphatic hydroxyl groups is 4. The minimum Gasteiger partial charge on any atom is -0.396 e. The van der Waals surface area contributed by atoms with Crippen molar-refractivity contribution in [3.05, 3.63) is 34.9 Å². The second-order valence-electron chi connectivity index (χ2n) is 11.4. The fraction of sp³-hybridized carbons (Fsp3) is 0.793. The Morgan fingerprint density at radius 3 is 2.42 bits per heavy atom. The number of fused-ring (bicyclic) bond motifs is 1. The summed E-state index contributed by atoms with van der Waals surface area (Å²) in [6, 6.07) is 0. The molecule has 1 saturated carbocycles. The Bertz CT molecular complexity index is 682. The van der Waals surface area contributed by atoms with E-state index in [1.807, 2.05) is 13.8 Å². The van der Waals surface area contributed by atoms with Crippen molar-refractivity contribution in [2.75, 3.05) is 13.2 Å². The number of aliphatic hydroxyl groups excluding tert-OH is 3. The third-order valence-corrected chi connectivity index (χ3v) is 8.31. The molecule has 4 nitrogen and oxygen atoms in total. The summed E-state index contributed by atoms with van der Waals surface area (Å²) in [5.74, 6) is 1.53. The van der Waals surface area contributed by atoms with Crippen LogP contribution in [0.5, 0.6) is 0 Å². The maximum atomic E-state index is 10.1. The summed E-state index contributed by atoms with van der Waals surface area (Å²) in [4.78, 5) is 0. The molecule has 1 fully saturated rings. The lowest BCUT2D eigenvalue weighted by Crippen LogP contribution is -2.32. The van der Waals surface area contributed by atoms with Crippen molar-refractivity contribution in [2.24, 2.45) is 17.3 Å². The molecule has 0 spiro atoms. The zero-order valence-corrected chi connectivity index (χ0v) is 21.7. The van der Waals surface area contributed by atoms with Crippen LogP contribution in [0.1, 0.15) is 105 Å². The van der Waals surface area contributed by atoms with E-state index in [0.717, 1.165) is 38.0 Å². The lowest BCUT2D eigenvalue weighted by atomic mass is 9.64. The monoisotopic (exact) mass is 462 g/mol. The highest BCUT2D eigenvalue weighted by Gasteiger charge is 2.47. The first-order valence-electron chi connectivity index (χ1n) is 13.3. The van der Waals surface area contributed by atoms with Crippen LogP contribution >= 0.6 is 0 Å². The van der Waals surface area contributed by atoms with Gasteiger partial charge in [-0.15, -0.1) is 0 Å². The summed E-state index contributed by atoms with van der Waals surface area (Å²) < 4.78 is 0. The van der Waals surface area contributed by atoms with E-state index in [-0.39, 0.29) is 19.3 Å².